The fraction of sp³-hybridized carbons (Fsp3) is 0.700. The summed E-state index contributed by atoms with van der Waals surface area (Å²) in [5, 5.41) is 3.29. The van der Waals surface area contributed by atoms with Crippen molar-refractivity contribution < 1.29 is 4.79 Å². The average Bonchev–Trinajstić information content (AvgIpc) is 2.96. The highest BCUT2D eigenvalue weighted by molar-refractivity contribution is 8.02. The second kappa shape index (κ2) is 7.90. The molecule has 0 aromatic carbocycles. The number of allylic oxidation sites excluding steroid dienone is 3. The number of amides is 1. The van der Waals surface area contributed by atoms with Crippen molar-refractivity contribution in [1.29, 1.82) is 0 Å². The van der Waals surface area contributed by atoms with Gasteiger partial charge in [-0.1, -0.05) is 50.8 Å². The van der Waals surface area contributed by atoms with Crippen LogP contribution in [0.3, 0.4) is 0 Å². The van der Waals surface area contributed by atoms with Crippen LogP contribution in [0.4, 0.5) is 0 Å². The lowest BCUT2D eigenvalue weighted by Gasteiger charge is -2.38. The monoisotopic (exact) mass is 346 g/mol. The summed E-state index contributed by atoms with van der Waals surface area (Å²) in [6.07, 6.45) is 15.8. The Labute approximate surface area is 150 Å². The highest BCUT2D eigenvalue weighted by Crippen LogP contribution is 2.52. The highest BCUT2D eigenvalue weighted by Gasteiger charge is 2.54. The van der Waals surface area contributed by atoms with E-state index in [1.807, 2.05) is 11.8 Å². The van der Waals surface area contributed by atoms with E-state index in [1.165, 1.54) is 31.4 Å². The third-order valence-electron chi connectivity index (χ3n) is 5.59. The van der Waals surface area contributed by atoms with Gasteiger partial charge in [0.2, 0.25) is 5.91 Å². The van der Waals surface area contributed by atoms with Crippen molar-refractivity contribution in [2.45, 2.75) is 63.2 Å². The van der Waals surface area contributed by atoms with E-state index in [9.17, 15) is 4.79 Å². The smallest absolute Gasteiger partial charge is 0.224 e. The van der Waals surface area contributed by atoms with Crippen LogP contribution >= 0.6 is 11.8 Å². The summed E-state index contributed by atoms with van der Waals surface area (Å²) in [5.74, 6) is 1.69. The minimum atomic E-state index is -0.0423. The molecule has 4 heteroatoms. The number of hydrogen-bond acceptors (Lipinski definition) is 3. The Morgan fingerprint density at radius 3 is 3.12 bits per heavy atom. The van der Waals surface area contributed by atoms with Gasteiger partial charge in [0.25, 0.3) is 0 Å². The third-order valence-corrected chi connectivity index (χ3v) is 7.24. The molecule has 3 rings (SSSR count). The van der Waals surface area contributed by atoms with Crippen LogP contribution in [0.2, 0.25) is 0 Å². The Morgan fingerprint density at radius 1 is 1.42 bits per heavy atom. The van der Waals surface area contributed by atoms with Crippen molar-refractivity contribution in [1.82, 2.24) is 5.32 Å². The van der Waals surface area contributed by atoms with Gasteiger partial charge in [-0.2, -0.15) is 0 Å². The van der Waals surface area contributed by atoms with Crippen molar-refractivity contribution in [3.63, 3.8) is 0 Å². The van der Waals surface area contributed by atoms with Crippen LogP contribution in [-0.4, -0.2) is 34.7 Å². The molecular formula is C20H30N2OS. The summed E-state index contributed by atoms with van der Waals surface area (Å²) in [6, 6.07) is 0.287. The van der Waals surface area contributed by atoms with E-state index < -0.39 is 0 Å². The molecule has 3 aliphatic rings. The van der Waals surface area contributed by atoms with Crippen molar-refractivity contribution in [3.05, 3.63) is 24.3 Å². The number of hydrogen-bond donors (Lipinski definition) is 1. The van der Waals surface area contributed by atoms with E-state index in [0.717, 1.165) is 25.1 Å². The Kier molecular flexibility index (Phi) is 5.85. The normalized spacial score (nSPS) is 32.0. The zero-order valence-electron chi connectivity index (χ0n) is 15.0. The number of nitrogens with zero attached hydrogens (tertiary/aromatic N) is 1. The van der Waals surface area contributed by atoms with Gasteiger partial charge in [0.1, 0.15) is 0 Å². The molecule has 0 saturated carbocycles. The van der Waals surface area contributed by atoms with Crippen molar-refractivity contribution in [2.24, 2.45) is 16.8 Å². The first-order valence-electron chi connectivity index (χ1n) is 9.52. The van der Waals surface area contributed by atoms with Crippen LogP contribution in [0.15, 0.2) is 29.3 Å². The highest BCUT2D eigenvalue weighted by atomic mass is 32.2. The minimum Gasteiger partial charge on any atom is -0.353 e. The van der Waals surface area contributed by atoms with Gasteiger partial charge in [0.15, 0.2) is 0 Å². The molecule has 2 aliphatic heterocycles. The number of nitrogens with one attached hydrogen (secondary N) is 1. The van der Waals surface area contributed by atoms with E-state index in [1.54, 1.807) is 0 Å². The molecule has 0 bridgehead atoms. The second-order valence-corrected chi connectivity index (χ2v) is 8.65. The quantitative estimate of drug-likeness (QED) is 0.704. The first kappa shape index (κ1) is 17.8. The van der Waals surface area contributed by atoms with Crippen LogP contribution in [0, 0.1) is 11.8 Å². The zero-order valence-corrected chi connectivity index (χ0v) is 15.8. The molecule has 1 saturated heterocycles. The number of thioether (sulfide) groups is 1. The van der Waals surface area contributed by atoms with Crippen LogP contribution in [0.5, 0.6) is 0 Å². The standard InChI is InChI=1S/C20H30N2OS/c1-3-4-5-6-9-15(2)22-19(23)16-14-24-20-12-8-7-10-18(20)21-13-11-17(16)20/h7-8,10,12,15-17H,3-6,9,11,13-14H2,1-2H3,(H,22,23). The molecule has 3 nitrogen and oxygen atoms in total. The molecule has 0 radical (unpaired) electrons. The first-order valence-corrected chi connectivity index (χ1v) is 10.5. The molecule has 2 heterocycles. The van der Waals surface area contributed by atoms with E-state index in [0.29, 0.717) is 5.92 Å². The Balaban J connectivity index is 1.58. The molecule has 1 aliphatic carbocycles. The Bertz CT molecular complexity index is 554. The summed E-state index contributed by atoms with van der Waals surface area (Å²) in [4.78, 5) is 17.6. The zero-order chi connectivity index (χ0) is 17.0. The number of carbonyl (C=O) groups excluding carboxylic acids is 1. The average molecular weight is 347 g/mol. The van der Waals surface area contributed by atoms with E-state index in [-0.39, 0.29) is 22.6 Å². The molecule has 132 valence electrons. The predicted octanol–water partition coefficient (Wildman–Crippen LogP) is 4.15. The number of carbonyl (C=O) groups is 1. The largest absolute Gasteiger partial charge is 0.353 e. The van der Waals surface area contributed by atoms with E-state index in [4.69, 9.17) is 4.99 Å². The third kappa shape index (κ3) is 3.49. The van der Waals surface area contributed by atoms with Gasteiger partial charge in [-0.3, -0.25) is 9.79 Å². The van der Waals surface area contributed by atoms with E-state index in [2.05, 4.69) is 43.5 Å². The summed E-state index contributed by atoms with van der Waals surface area (Å²) >= 11 is 1.92. The molecule has 0 aromatic rings. The summed E-state index contributed by atoms with van der Waals surface area (Å²) in [7, 11) is 0. The van der Waals surface area contributed by atoms with Crippen molar-refractivity contribution in [3.8, 4) is 0 Å². The van der Waals surface area contributed by atoms with Crippen LogP contribution < -0.4 is 5.32 Å². The first-order chi connectivity index (χ1) is 11.7. The molecule has 1 spiro atoms. The fourth-order valence-electron chi connectivity index (χ4n) is 4.22. The molecular weight excluding hydrogens is 316 g/mol. The second-order valence-electron chi connectivity index (χ2n) is 7.35. The lowest BCUT2D eigenvalue weighted by atomic mass is 9.74. The summed E-state index contributed by atoms with van der Waals surface area (Å²) in [5.41, 5.74) is 1.18. The number of aliphatic imine (C=N–C) groups is 1. The topological polar surface area (TPSA) is 41.5 Å². The number of unbranched alkanes of at least 4 members (excludes halogenated alkanes) is 3. The lowest BCUT2D eigenvalue weighted by molar-refractivity contribution is -0.126. The predicted molar refractivity (Wildman–Crippen MR) is 104 cm³/mol. The Morgan fingerprint density at radius 2 is 2.29 bits per heavy atom. The molecule has 0 aromatic heterocycles. The van der Waals surface area contributed by atoms with Crippen LogP contribution in [0.25, 0.3) is 0 Å². The molecule has 1 N–H and O–H groups in total. The molecule has 1 fully saturated rings. The van der Waals surface area contributed by atoms with Gasteiger partial charge >= 0.3 is 0 Å². The maximum Gasteiger partial charge on any atom is 0.224 e. The fourth-order valence-corrected chi connectivity index (χ4v) is 6.01. The minimum absolute atomic E-state index is 0.0423. The van der Waals surface area contributed by atoms with Crippen LogP contribution in [-0.2, 0) is 4.79 Å². The maximum atomic E-state index is 12.9. The van der Waals surface area contributed by atoms with E-state index >= 15 is 0 Å². The SMILES string of the molecule is CCCCCCC(C)NC(=O)C1CSC23C=CC=CC2=NCCC13. The van der Waals surface area contributed by atoms with Gasteiger partial charge < -0.3 is 5.32 Å². The van der Waals surface area contributed by atoms with Gasteiger partial charge in [0.05, 0.1) is 16.4 Å². The number of rotatable bonds is 7. The molecule has 24 heavy (non-hydrogen) atoms. The van der Waals surface area contributed by atoms with Crippen LogP contribution in [0.1, 0.15) is 52.4 Å². The van der Waals surface area contributed by atoms with Gasteiger partial charge in [-0.15, -0.1) is 11.8 Å². The summed E-state index contributed by atoms with van der Waals surface area (Å²) in [6.45, 7) is 5.24. The molecule has 1 amide bonds. The summed E-state index contributed by atoms with van der Waals surface area (Å²) < 4.78 is -0.0423. The lowest BCUT2D eigenvalue weighted by Crippen LogP contribution is -2.47. The Hall–Kier alpha value is -1.03. The van der Waals surface area contributed by atoms with Gasteiger partial charge in [-0.05, 0) is 31.8 Å². The van der Waals surface area contributed by atoms with Crippen molar-refractivity contribution in [2.75, 3.05) is 12.3 Å². The van der Waals surface area contributed by atoms with Gasteiger partial charge in [-0.25, -0.2) is 0 Å². The molecule has 4 atom stereocenters. The molecule has 4 unspecified atom stereocenters. The van der Waals surface area contributed by atoms with Gasteiger partial charge in [0, 0.05) is 18.3 Å². The van der Waals surface area contributed by atoms with Crippen molar-refractivity contribution >= 4 is 23.4 Å². The maximum absolute atomic E-state index is 12.9.